The van der Waals surface area contributed by atoms with Gasteiger partial charge in [-0.3, -0.25) is 0 Å². The first kappa shape index (κ1) is 12.6. The molecule has 1 N–H and O–H groups in total. The second-order valence-electron chi connectivity index (χ2n) is 4.10. The van der Waals surface area contributed by atoms with Crippen LogP contribution in [0, 0.1) is 20.8 Å². The molecule has 0 aromatic carbocycles. The Morgan fingerprint density at radius 2 is 2.06 bits per heavy atom. The van der Waals surface area contributed by atoms with Gasteiger partial charge in [-0.2, -0.15) is 0 Å². The zero-order valence-electron chi connectivity index (χ0n) is 10.2. The molecular formula is C13H15BrN2S. The minimum Gasteiger partial charge on any atom is -0.364 e. The maximum Gasteiger partial charge on any atom is 0.140 e. The summed E-state index contributed by atoms with van der Waals surface area (Å²) in [6.07, 6.45) is 1.83. The molecule has 2 aromatic heterocycles. The number of hydrogen-bond acceptors (Lipinski definition) is 3. The summed E-state index contributed by atoms with van der Waals surface area (Å²) < 4.78 is 1.05. The van der Waals surface area contributed by atoms with Crippen molar-refractivity contribution in [2.45, 2.75) is 27.3 Å². The topological polar surface area (TPSA) is 24.9 Å². The maximum absolute atomic E-state index is 4.33. The van der Waals surface area contributed by atoms with Gasteiger partial charge in [0.15, 0.2) is 0 Å². The first-order valence-electron chi connectivity index (χ1n) is 5.49. The van der Waals surface area contributed by atoms with E-state index in [4.69, 9.17) is 0 Å². The number of thiophene rings is 1. The first-order chi connectivity index (χ1) is 8.08. The van der Waals surface area contributed by atoms with Gasteiger partial charge in [-0.05, 0) is 60.0 Å². The van der Waals surface area contributed by atoms with Crippen LogP contribution in [0.4, 0.5) is 5.82 Å². The molecule has 0 fully saturated rings. The molecule has 2 nitrogen and oxygen atoms in total. The summed E-state index contributed by atoms with van der Waals surface area (Å²) in [7, 11) is 0. The average molecular weight is 311 g/mol. The lowest BCUT2D eigenvalue weighted by Crippen LogP contribution is -2.01. The Morgan fingerprint density at radius 1 is 1.29 bits per heavy atom. The second kappa shape index (κ2) is 5.19. The van der Waals surface area contributed by atoms with Crippen molar-refractivity contribution < 1.29 is 0 Å². The number of rotatable bonds is 3. The van der Waals surface area contributed by atoms with Crippen LogP contribution in [0.15, 0.2) is 22.8 Å². The van der Waals surface area contributed by atoms with Gasteiger partial charge >= 0.3 is 0 Å². The molecule has 4 heteroatoms. The fraction of sp³-hybridized carbons (Fsp3) is 0.308. The number of hydrogen-bond donors (Lipinski definition) is 1. The van der Waals surface area contributed by atoms with Crippen LogP contribution in [0.5, 0.6) is 0 Å². The van der Waals surface area contributed by atoms with Crippen molar-refractivity contribution in [1.82, 2.24) is 4.98 Å². The number of aromatic nitrogens is 1. The molecule has 0 bridgehead atoms. The molecule has 2 aromatic rings. The number of pyridine rings is 1. The quantitative estimate of drug-likeness (QED) is 0.906. The van der Waals surface area contributed by atoms with Crippen molar-refractivity contribution in [3.63, 3.8) is 0 Å². The highest BCUT2D eigenvalue weighted by Crippen LogP contribution is 2.25. The molecule has 0 saturated carbocycles. The van der Waals surface area contributed by atoms with Gasteiger partial charge in [-0.1, -0.05) is 0 Å². The highest BCUT2D eigenvalue weighted by molar-refractivity contribution is 9.10. The van der Waals surface area contributed by atoms with Crippen molar-refractivity contribution >= 4 is 33.1 Å². The fourth-order valence-corrected chi connectivity index (χ4v) is 2.94. The summed E-state index contributed by atoms with van der Waals surface area (Å²) in [4.78, 5) is 7.06. The molecule has 0 amide bonds. The highest BCUT2D eigenvalue weighted by atomic mass is 79.9. The van der Waals surface area contributed by atoms with Crippen molar-refractivity contribution in [1.29, 1.82) is 0 Å². The Kier molecular flexibility index (Phi) is 3.84. The van der Waals surface area contributed by atoms with Crippen LogP contribution >= 0.6 is 27.3 Å². The highest BCUT2D eigenvalue weighted by Gasteiger charge is 2.05. The van der Waals surface area contributed by atoms with E-state index in [9.17, 15) is 0 Å². The normalized spacial score (nSPS) is 10.6. The predicted octanol–water partition coefficient (Wildman–Crippen LogP) is 4.44. The van der Waals surface area contributed by atoms with Crippen LogP contribution in [0.1, 0.15) is 20.9 Å². The van der Waals surface area contributed by atoms with Crippen LogP contribution in [0.25, 0.3) is 0 Å². The van der Waals surface area contributed by atoms with E-state index >= 15 is 0 Å². The molecule has 2 rings (SSSR count). The summed E-state index contributed by atoms with van der Waals surface area (Å²) in [5.74, 6) is 0.911. The molecule has 17 heavy (non-hydrogen) atoms. The van der Waals surface area contributed by atoms with E-state index in [1.165, 1.54) is 20.9 Å². The van der Waals surface area contributed by atoms with Gasteiger partial charge in [-0.15, -0.1) is 11.3 Å². The van der Waals surface area contributed by atoms with Gasteiger partial charge in [0, 0.05) is 16.0 Å². The van der Waals surface area contributed by atoms with Crippen molar-refractivity contribution in [3.05, 3.63) is 43.7 Å². The third-order valence-corrected chi connectivity index (χ3v) is 4.88. The molecule has 0 unspecified atom stereocenters. The lowest BCUT2D eigenvalue weighted by Gasteiger charge is -2.07. The van der Waals surface area contributed by atoms with E-state index in [1.54, 1.807) is 0 Å². The van der Waals surface area contributed by atoms with Crippen molar-refractivity contribution in [2.24, 2.45) is 0 Å². The number of aryl methyl sites for hydroxylation is 3. The third kappa shape index (κ3) is 2.87. The summed E-state index contributed by atoms with van der Waals surface area (Å²) in [5.41, 5.74) is 2.56. The monoisotopic (exact) mass is 310 g/mol. The summed E-state index contributed by atoms with van der Waals surface area (Å²) in [5, 5.41) is 3.36. The van der Waals surface area contributed by atoms with E-state index in [2.05, 4.69) is 53.1 Å². The predicted molar refractivity (Wildman–Crippen MR) is 77.8 cm³/mol. The number of halogens is 1. The van der Waals surface area contributed by atoms with Crippen molar-refractivity contribution in [3.8, 4) is 0 Å². The van der Waals surface area contributed by atoms with Crippen molar-refractivity contribution in [2.75, 3.05) is 5.32 Å². The fourth-order valence-electron chi connectivity index (χ4n) is 1.57. The SMILES string of the molecule is Cc1cc(CNc2nccc(C)c2Br)sc1C. The van der Waals surface area contributed by atoms with Gasteiger partial charge in [0.2, 0.25) is 0 Å². The van der Waals surface area contributed by atoms with E-state index in [0.29, 0.717) is 0 Å². The standard InChI is InChI=1S/C13H15BrN2S/c1-8-4-5-15-13(12(8)14)16-7-11-6-9(2)10(3)17-11/h4-6H,7H2,1-3H3,(H,15,16). The zero-order valence-corrected chi connectivity index (χ0v) is 12.6. The molecule has 0 saturated heterocycles. The minimum absolute atomic E-state index is 0.828. The molecular weight excluding hydrogens is 296 g/mol. The maximum atomic E-state index is 4.33. The molecule has 0 aliphatic carbocycles. The summed E-state index contributed by atoms with van der Waals surface area (Å²) in [6.45, 7) is 7.20. The molecule has 2 heterocycles. The number of anilines is 1. The molecule has 0 aliphatic heterocycles. The Balaban J connectivity index is 2.10. The Hall–Kier alpha value is -0.870. The van der Waals surface area contributed by atoms with Crippen LogP contribution in [0.3, 0.4) is 0 Å². The number of nitrogens with zero attached hydrogens (tertiary/aromatic N) is 1. The van der Waals surface area contributed by atoms with E-state index in [-0.39, 0.29) is 0 Å². The average Bonchev–Trinajstić information content (AvgIpc) is 2.61. The largest absolute Gasteiger partial charge is 0.364 e. The Bertz CT molecular complexity index is 515. The van der Waals surface area contributed by atoms with Gasteiger partial charge in [0.1, 0.15) is 5.82 Å². The van der Waals surface area contributed by atoms with E-state index in [0.717, 1.165) is 16.8 Å². The third-order valence-electron chi connectivity index (χ3n) is 2.73. The van der Waals surface area contributed by atoms with Crippen LogP contribution < -0.4 is 5.32 Å². The van der Waals surface area contributed by atoms with Gasteiger partial charge in [0.05, 0.1) is 11.0 Å². The Morgan fingerprint density at radius 3 is 2.71 bits per heavy atom. The number of nitrogens with one attached hydrogen (secondary N) is 1. The minimum atomic E-state index is 0.828. The van der Waals surface area contributed by atoms with Gasteiger partial charge in [0.25, 0.3) is 0 Å². The molecule has 0 spiro atoms. The molecule has 0 radical (unpaired) electrons. The Labute approximate surface area is 114 Å². The lowest BCUT2D eigenvalue weighted by atomic mass is 10.3. The smallest absolute Gasteiger partial charge is 0.140 e. The van der Waals surface area contributed by atoms with Crippen LogP contribution in [-0.2, 0) is 6.54 Å². The van der Waals surface area contributed by atoms with E-state index < -0.39 is 0 Å². The summed E-state index contributed by atoms with van der Waals surface area (Å²) >= 11 is 5.39. The molecule has 0 atom stereocenters. The first-order valence-corrected chi connectivity index (χ1v) is 7.09. The molecule has 90 valence electrons. The van der Waals surface area contributed by atoms with Gasteiger partial charge in [-0.25, -0.2) is 4.98 Å². The van der Waals surface area contributed by atoms with Gasteiger partial charge < -0.3 is 5.32 Å². The van der Waals surface area contributed by atoms with Crippen LogP contribution in [-0.4, -0.2) is 4.98 Å². The zero-order chi connectivity index (χ0) is 12.4. The summed E-state index contributed by atoms with van der Waals surface area (Å²) in [6, 6.07) is 4.23. The second-order valence-corrected chi connectivity index (χ2v) is 6.23. The van der Waals surface area contributed by atoms with E-state index in [1.807, 2.05) is 23.6 Å². The van der Waals surface area contributed by atoms with Crippen LogP contribution in [0.2, 0.25) is 0 Å². The molecule has 0 aliphatic rings. The lowest BCUT2D eigenvalue weighted by molar-refractivity contribution is 1.12.